The van der Waals surface area contributed by atoms with Crippen LogP contribution in [0.2, 0.25) is 0 Å². The van der Waals surface area contributed by atoms with E-state index in [9.17, 15) is 4.79 Å². The third kappa shape index (κ3) is 4.61. The molecule has 1 heterocycles. The minimum Gasteiger partial charge on any atom is -0.497 e. The van der Waals surface area contributed by atoms with E-state index in [1.807, 2.05) is 60.8 Å². The van der Waals surface area contributed by atoms with E-state index >= 15 is 0 Å². The number of rotatable bonds is 6. The fourth-order valence-corrected chi connectivity index (χ4v) is 3.73. The number of carbonyl (C=O) groups is 1. The average molecular weight is 370 g/mol. The molecular formula is C19H18N2O2S2. The maximum absolute atomic E-state index is 12.4. The fraction of sp³-hybridized carbons (Fsp3) is 0.158. The van der Waals surface area contributed by atoms with Gasteiger partial charge in [-0.05, 0) is 55.5 Å². The number of thiazole rings is 1. The zero-order chi connectivity index (χ0) is 17.6. The molecule has 1 N–H and O–H groups in total. The van der Waals surface area contributed by atoms with Crippen LogP contribution in [0, 0.1) is 0 Å². The summed E-state index contributed by atoms with van der Waals surface area (Å²) in [7, 11) is 1.64. The normalized spacial score (nSPS) is 11.8. The van der Waals surface area contributed by atoms with Gasteiger partial charge in [0.15, 0.2) is 0 Å². The Morgan fingerprint density at radius 2 is 1.88 bits per heavy atom. The Morgan fingerprint density at radius 3 is 2.48 bits per heavy atom. The molecule has 0 radical (unpaired) electrons. The number of ether oxygens (including phenoxy) is 1. The monoisotopic (exact) mass is 370 g/mol. The number of carbonyl (C=O) groups excluding carboxylic acids is 1. The van der Waals surface area contributed by atoms with Crippen molar-refractivity contribution < 1.29 is 9.53 Å². The molecule has 0 fully saturated rings. The molecule has 3 aromatic rings. The smallest absolute Gasteiger partial charge is 0.237 e. The van der Waals surface area contributed by atoms with E-state index in [4.69, 9.17) is 4.74 Å². The van der Waals surface area contributed by atoms with Crippen molar-refractivity contribution in [3.05, 3.63) is 60.1 Å². The quantitative estimate of drug-likeness (QED) is 0.625. The summed E-state index contributed by atoms with van der Waals surface area (Å²) in [4.78, 5) is 17.7. The average Bonchev–Trinajstić information content (AvgIpc) is 3.17. The van der Waals surface area contributed by atoms with Gasteiger partial charge in [-0.3, -0.25) is 4.79 Å². The number of anilines is 1. The van der Waals surface area contributed by atoms with E-state index in [0.29, 0.717) is 0 Å². The molecule has 0 saturated heterocycles. The van der Waals surface area contributed by atoms with Crippen LogP contribution >= 0.6 is 23.1 Å². The van der Waals surface area contributed by atoms with E-state index in [1.54, 1.807) is 24.6 Å². The first-order chi connectivity index (χ1) is 12.2. The van der Waals surface area contributed by atoms with E-state index in [2.05, 4.69) is 10.3 Å². The van der Waals surface area contributed by atoms with Gasteiger partial charge in [-0.25, -0.2) is 4.98 Å². The zero-order valence-electron chi connectivity index (χ0n) is 13.9. The van der Waals surface area contributed by atoms with Crippen molar-refractivity contribution in [3.63, 3.8) is 0 Å². The zero-order valence-corrected chi connectivity index (χ0v) is 15.6. The van der Waals surface area contributed by atoms with Crippen molar-refractivity contribution in [3.8, 4) is 16.3 Å². The molecular weight excluding hydrogens is 352 g/mol. The first-order valence-corrected chi connectivity index (χ1v) is 9.53. The lowest BCUT2D eigenvalue weighted by Gasteiger charge is -2.12. The Kier molecular flexibility index (Phi) is 5.73. The third-order valence-corrected chi connectivity index (χ3v) is 5.51. The van der Waals surface area contributed by atoms with Crippen molar-refractivity contribution in [2.24, 2.45) is 0 Å². The molecule has 0 bridgehead atoms. The molecule has 1 atom stereocenters. The Hall–Kier alpha value is -2.31. The minimum absolute atomic E-state index is 0.0252. The van der Waals surface area contributed by atoms with Crippen molar-refractivity contribution in [1.29, 1.82) is 0 Å². The van der Waals surface area contributed by atoms with E-state index in [1.165, 1.54) is 11.8 Å². The number of hydrogen-bond acceptors (Lipinski definition) is 5. The fourth-order valence-electron chi connectivity index (χ4n) is 2.22. The van der Waals surface area contributed by atoms with Crippen LogP contribution in [0.5, 0.6) is 5.75 Å². The van der Waals surface area contributed by atoms with Crippen LogP contribution in [0.25, 0.3) is 10.6 Å². The minimum atomic E-state index is -0.202. The predicted molar refractivity (Wildman–Crippen MR) is 104 cm³/mol. The molecule has 0 aliphatic carbocycles. The summed E-state index contributed by atoms with van der Waals surface area (Å²) in [6, 6.07) is 15.4. The highest BCUT2D eigenvalue weighted by molar-refractivity contribution is 8.00. The van der Waals surface area contributed by atoms with Crippen LogP contribution < -0.4 is 10.1 Å². The van der Waals surface area contributed by atoms with Gasteiger partial charge in [-0.1, -0.05) is 0 Å². The van der Waals surface area contributed by atoms with Crippen molar-refractivity contribution in [1.82, 2.24) is 4.98 Å². The second-order valence-electron chi connectivity index (χ2n) is 5.34. The number of hydrogen-bond donors (Lipinski definition) is 1. The Bertz CT molecular complexity index is 816. The lowest BCUT2D eigenvalue weighted by molar-refractivity contribution is -0.115. The van der Waals surface area contributed by atoms with Crippen LogP contribution in [0.1, 0.15) is 6.92 Å². The summed E-state index contributed by atoms with van der Waals surface area (Å²) >= 11 is 3.11. The molecule has 2 aromatic carbocycles. The molecule has 0 spiro atoms. The Balaban J connectivity index is 1.59. The molecule has 0 saturated carbocycles. The second-order valence-corrected chi connectivity index (χ2v) is 7.65. The molecule has 1 amide bonds. The van der Waals surface area contributed by atoms with Crippen molar-refractivity contribution in [2.45, 2.75) is 17.1 Å². The first kappa shape index (κ1) is 17.5. The molecule has 6 heteroatoms. The number of methoxy groups -OCH3 is 1. The standard InChI is InChI=1S/C19H18N2O2S2/c1-13(25-17-9-7-16(23-2)8-10-17)18(22)21-15-5-3-14(4-6-15)19-20-11-12-24-19/h3-13H,1-2H3,(H,21,22). The van der Waals surface area contributed by atoms with Gasteiger partial charge < -0.3 is 10.1 Å². The number of benzene rings is 2. The maximum atomic E-state index is 12.4. The lowest BCUT2D eigenvalue weighted by Crippen LogP contribution is -2.22. The Labute approximate surface area is 155 Å². The van der Waals surface area contributed by atoms with Gasteiger partial charge in [0.25, 0.3) is 0 Å². The molecule has 0 aliphatic heterocycles. The molecule has 1 aromatic heterocycles. The largest absolute Gasteiger partial charge is 0.497 e. The van der Waals surface area contributed by atoms with Gasteiger partial charge in [-0.2, -0.15) is 0 Å². The second kappa shape index (κ2) is 8.18. The summed E-state index contributed by atoms with van der Waals surface area (Å²) < 4.78 is 5.14. The SMILES string of the molecule is COc1ccc(SC(C)C(=O)Nc2ccc(-c3nccs3)cc2)cc1. The topological polar surface area (TPSA) is 51.2 Å². The summed E-state index contributed by atoms with van der Waals surface area (Å²) in [5, 5.41) is 5.67. The van der Waals surface area contributed by atoms with Gasteiger partial charge in [-0.15, -0.1) is 23.1 Å². The number of aromatic nitrogens is 1. The number of thioether (sulfide) groups is 1. The number of nitrogens with zero attached hydrogens (tertiary/aromatic N) is 1. The van der Waals surface area contributed by atoms with Gasteiger partial charge in [0.05, 0.1) is 12.4 Å². The lowest BCUT2D eigenvalue weighted by atomic mass is 10.2. The highest BCUT2D eigenvalue weighted by Gasteiger charge is 2.14. The molecule has 1 unspecified atom stereocenters. The van der Waals surface area contributed by atoms with Crippen molar-refractivity contribution >= 4 is 34.7 Å². The maximum Gasteiger partial charge on any atom is 0.237 e. The van der Waals surface area contributed by atoms with Crippen LogP contribution in [0.3, 0.4) is 0 Å². The summed E-state index contributed by atoms with van der Waals surface area (Å²) in [6.07, 6.45) is 1.79. The van der Waals surface area contributed by atoms with Crippen molar-refractivity contribution in [2.75, 3.05) is 12.4 Å². The predicted octanol–water partition coefficient (Wildman–Crippen LogP) is 4.94. The van der Waals surface area contributed by atoms with Gasteiger partial charge in [0.2, 0.25) is 5.91 Å². The summed E-state index contributed by atoms with van der Waals surface area (Å²) in [5.41, 5.74) is 1.83. The van der Waals surface area contributed by atoms with Gasteiger partial charge >= 0.3 is 0 Å². The highest BCUT2D eigenvalue weighted by atomic mass is 32.2. The summed E-state index contributed by atoms with van der Waals surface area (Å²) in [5.74, 6) is 0.782. The van der Waals surface area contributed by atoms with Crippen LogP contribution in [-0.2, 0) is 4.79 Å². The molecule has 25 heavy (non-hydrogen) atoms. The Morgan fingerprint density at radius 1 is 1.16 bits per heavy atom. The van der Waals surface area contributed by atoms with E-state index in [0.717, 1.165) is 26.9 Å². The molecule has 3 rings (SSSR count). The molecule has 128 valence electrons. The highest BCUT2D eigenvalue weighted by Crippen LogP contribution is 2.27. The molecule has 4 nitrogen and oxygen atoms in total. The first-order valence-electron chi connectivity index (χ1n) is 7.77. The molecule has 0 aliphatic rings. The van der Waals surface area contributed by atoms with Gasteiger partial charge in [0, 0.05) is 27.7 Å². The third-order valence-electron chi connectivity index (χ3n) is 3.57. The van der Waals surface area contributed by atoms with E-state index in [-0.39, 0.29) is 11.2 Å². The van der Waals surface area contributed by atoms with Crippen LogP contribution in [0.4, 0.5) is 5.69 Å². The van der Waals surface area contributed by atoms with Crippen LogP contribution in [0.15, 0.2) is 65.0 Å². The van der Waals surface area contributed by atoms with Gasteiger partial charge in [0.1, 0.15) is 10.8 Å². The number of amides is 1. The number of nitrogens with one attached hydrogen (secondary N) is 1. The van der Waals surface area contributed by atoms with Crippen LogP contribution in [-0.4, -0.2) is 23.3 Å². The summed E-state index contributed by atoms with van der Waals surface area (Å²) in [6.45, 7) is 1.90. The van der Waals surface area contributed by atoms with E-state index < -0.39 is 0 Å².